The maximum absolute atomic E-state index is 11.7. The summed E-state index contributed by atoms with van der Waals surface area (Å²) in [6.07, 6.45) is 4.29. The Labute approximate surface area is 160 Å². The highest BCUT2D eigenvalue weighted by Gasteiger charge is 2.22. The molecule has 3 aromatic rings. The molecule has 4 rings (SSSR count). The second-order valence-electron chi connectivity index (χ2n) is 6.57. The third kappa shape index (κ3) is 3.60. The minimum Gasteiger partial charge on any atom is -0.493 e. The van der Waals surface area contributed by atoms with E-state index in [0.29, 0.717) is 18.0 Å². The summed E-state index contributed by atoms with van der Waals surface area (Å²) >= 11 is 3.54. The number of rotatable bonds is 6. The molecule has 1 saturated carbocycles. The standard InChI is InChI=1S/C20H19BrN2O3/c1-25-20(24)14-4-6-18-15(8-14)10-22-23(18)11-16-9-17(21)5-7-19(16)26-12-13-2-3-13/h4-10,13H,2-3,11-12H2,1H3. The Bertz CT molecular complexity index is 963. The first kappa shape index (κ1) is 17.1. The van der Waals surface area contributed by atoms with Crippen LogP contribution in [-0.4, -0.2) is 29.5 Å². The Morgan fingerprint density at radius 3 is 2.88 bits per heavy atom. The van der Waals surface area contributed by atoms with Gasteiger partial charge in [0.05, 0.1) is 37.5 Å². The number of esters is 1. The van der Waals surface area contributed by atoms with Gasteiger partial charge in [-0.3, -0.25) is 4.68 Å². The van der Waals surface area contributed by atoms with Crippen LogP contribution in [0.5, 0.6) is 5.75 Å². The average molecular weight is 415 g/mol. The first-order valence-electron chi connectivity index (χ1n) is 8.59. The molecule has 0 spiro atoms. The summed E-state index contributed by atoms with van der Waals surface area (Å²) in [5.41, 5.74) is 2.56. The minimum absolute atomic E-state index is 0.345. The lowest BCUT2D eigenvalue weighted by atomic mass is 10.1. The van der Waals surface area contributed by atoms with E-state index < -0.39 is 0 Å². The summed E-state index contributed by atoms with van der Waals surface area (Å²) < 4.78 is 13.7. The van der Waals surface area contributed by atoms with Crippen LogP contribution >= 0.6 is 15.9 Å². The summed E-state index contributed by atoms with van der Waals surface area (Å²) in [4.78, 5) is 11.7. The van der Waals surface area contributed by atoms with Crippen LogP contribution in [0.4, 0.5) is 0 Å². The predicted molar refractivity (Wildman–Crippen MR) is 103 cm³/mol. The van der Waals surface area contributed by atoms with Crippen molar-refractivity contribution < 1.29 is 14.3 Å². The van der Waals surface area contributed by atoms with E-state index in [9.17, 15) is 4.79 Å². The van der Waals surface area contributed by atoms with E-state index in [2.05, 4.69) is 27.1 Å². The van der Waals surface area contributed by atoms with E-state index >= 15 is 0 Å². The maximum atomic E-state index is 11.7. The number of nitrogens with zero attached hydrogens (tertiary/aromatic N) is 2. The molecule has 1 fully saturated rings. The topological polar surface area (TPSA) is 53.3 Å². The molecule has 0 unspecified atom stereocenters. The van der Waals surface area contributed by atoms with Crippen LogP contribution in [0.2, 0.25) is 0 Å². The van der Waals surface area contributed by atoms with Crippen molar-refractivity contribution in [1.29, 1.82) is 0 Å². The van der Waals surface area contributed by atoms with E-state index in [4.69, 9.17) is 9.47 Å². The van der Waals surface area contributed by atoms with Crippen molar-refractivity contribution in [3.63, 3.8) is 0 Å². The molecule has 1 aliphatic carbocycles. The fraction of sp³-hybridized carbons (Fsp3) is 0.300. The van der Waals surface area contributed by atoms with Gasteiger partial charge in [0.2, 0.25) is 0 Å². The summed E-state index contributed by atoms with van der Waals surface area (Å²) in [5.74, 6) is 1.26. The normalized spacial score (nSPS) is 13.8. The highest BCUT2D eigenvalue weighted by atomic mass is 79.9. The van der Waals surface area contributed by atoms with Crippen molar-refractivity contribution in [1.82, 2.24) is 9.78 Å². The van der Waals surface area contributed by atoms with E-state index in [-0.39, 0.29) is 5.97 Å². The van der Waals surface area contributed by atoms with Gasteiger partial charge < -0.3 is 9.47 Å². The van der Waals surface area contributed by atoms with Crippen LogP contribution in [0.3, 0.4) is 0 Å². The number of carbonyl (C=O) groups excluding carboxylic acids is 1. The lowest BCUT2D eigenvalue weighted by Gasteiger charge is -2.12. The summed E-state index contributed by atoms with van der Waals surface area (Å²) in [6.45, 7) is 1.37. The fourth-order valence-corrected chi connectivity index (χ4v) is 3.33. The van der Waals surface area contributed by atoms with Crippen molar-refractivity contribution in [3.05, 3.63) is 58.2 Å². The van der Waals surface area contributed by atoms with Crippen molar-refractivity contribution in [3.8, 4) is 5.75 Å². The van der Waals surface area contributed by atoms with Crippen molar-refractivity contribution in [2.75, 3.05) is 13.7 Å². The molecule has 0 aliphatic heterocycles. The van der Waals surface area contributed by atoms with Gasteiger partial charge in [-0.1, -0.05) is 15.9 Å². The van der Waals surface area contributed by atoms with Gasteiger partial charge in [-0.25, -0.2) is 4.79 Å². The molecule has 2 aromatic carbocycles. The monoisotopic (exact) mass is 414 g/mol. The first-order chi connectivity index (χ1) is 12.6. The van der Waals surface area contributed by atoms with E-state index in [1.807, 2.05) is 22.9 Å². The predicted octanol–water partition coefficient (Wildman–Crippen LogP) is 4.42. The molecule has 0 radical (unpaired) electrons. The Hall–Kier alpha value is -2.34. The highest BCUT2D eigenvalue weighted by molar-refractivity contribution is 9.10. The molecular formula is C20H19BrN2O3. The molecule has 1 aromatic heterocycles. The smallest absolute Gasteiger partial charge is 0.337 e. The zero-order valence-corrected chi connectivity index (χ0v) is 16.0. The van der Waals surface area contributed by atoms with Crippen molar-refractivity contribution in [2.24, 2.45) is 5.92 Å². The Balaban J connectivity index is 1.62. The molecular weight excluding hydrogens is 396 g/mol. The van der Waals surface area contributed by atoms with Gasteiger partial charge in [-0.15, -0.1) is 0 Å². The van der Waals surface area contributed by atoms with Gasteiger partial charge >= 0.3 is 5.97 Å². The number of hydrogen-bond acceptors (Lipinski definition) is 4. The number of fused-ring (bicyclic) bond motifs is 1. The van der Waals surface area contributed by atoms with Gasteiger partial charge in [0, 0.05) is 15.4 Å². The average Bonchev–Trinajstić information content (AvgIpc) is 3.40. The number of aromatic nitrogens is 2. The summed E-state index contributed by atoms with van der Waals surface area (Å²) in [5, 5.41) is 5.39. The van der Waals surface area contributed by atoms with E-state index in [0.717, 1.165) is 33.3 Å². The maximum Gasteiger partial charge on any atom is 0.337 e. The lowest BCUT2D eigenvalue weighted by Crippen LogP contribution is -2.06. The Kier molecular flexibility index (Phi) is 4.68. The van der Waals surface area contributed by atoms with E-state index in [1.54, 1.807) is 18.3 Å². The fourth-order valence-electron chi connectivity index (χ4n) is 2.92. The molecule has 1 heterocycles. The number of benzene rings is 2. The molecule has 0 N–H and O–H groups in total. The van der Waals surface area contributed by atoms with Crippen LogP contribution in [0.25, 0.3) is 10.9 Å². The summed E-state index contributed by atoms with van der Waals surface area (Å²) in [7, 11) is 1.38. The second kappa shape index (κ2) is 7.11. The van der Waals surface area contributed by atoms with Crippen molar-refractivity contribution >= 4 is 32.8 Å². The van der Waals surface area contributed by atoms with Crippen LogP contribution < -0.4 is 4.74 Å². The molecule has 26 heavy (non-hydrogen) atoms. The number of ether oxygens (including phenoxy) is 2. The minimum atomic E-state index is -0.345. The molecule has 0 saturated heterocycles. The van der Waals surface area contributed by atoms with E-state index in [1.165, 1.54) is 20.0 Å². The largest absolute Gasteiger partial charge is 0.493 e. The summed E-state index contributed by atoms with van der Waals surface area (Å²) in [6, 6.07) is 11.5. The lowest BCUT2D eigenvalue weighted by molar-refractivity contribution is 0.0601. The molecule has 1 aliphatic rings. The Morgan fingerprint density at radius 2 is 2.12 bits per heavy atom. The molecule has 0 atom stereocenters. The third-order valence-corrected chi connectivity index (χ3v) is 5.07. The van der Waals surface area contributed by atoms with Gasteiger partial charge in [0.25, 0.3) is 0 Å². The van der Waals surface area contributed by atoms with Crippen LogP contribution in [0.1, 0.15) is 28.8 Å². The zero-order valence-electron chi connectivity index (χ0n) is 14.4. The number of halogens is 1. The molecule has 6 heteroatoms. The SMILES string of the molecule is COC(=O)c1ccc2c(cnn2Cc2cc(Br)ccc2OCC2CC2)c1. The van der Waals surface area contributed by atoms with Gasteiger partial charge in [-0.2, -0.15) is 5.10 Å². The zero-order chi connectivity index (χ0) is 18.1. The molecule has 5 nitrogen and oxygen atoms in total. The highest BCUT2D eigenvalue weighted by Crippen LogP contribution is 2.31. The van der Waals surface area contributed by atoms with Gasteiger partial charge in [0.1, 0.15) is 5.75 Å². The van der Waals surface area contributed by atoms with Gasteiger partial charge in [-0.05, 0) is 55.2 Å². The van der Waals surface area contributed by atoms with Crippen molar-refractivity contribution in [2.45, 2.75) is 19.4 Å². The second-order valence-corrected chi connectivity index (χ2v) is 7.49. The molecule has 134 valence electrons. The van der Waals surface area contributed by atoms with Gasteiger partial charge in [0.15, 0.2) is 0 Å². The van der Waals surface area contributed by atoms with Crippen LogP contribution in [0.15, 0.2) is 47.1 Å². The Morgan fingerprint density at radius 1 is 1.27 bits per heavy atom. The molecule has 0 amide bonds. The van der Waals surface area contributed by atoms with Crippen LogP contribution in [-0.2, 0) is 11.3 Å². The number of methoxy groups -OCH3 is 1. The first-order valence-corrected chi connectivity index (χ1v) is 9.38. The van der Waals surface area contributed by atoms with Crippen LogP contribution in [0, 0.1) is 5.92 Å². The number of carbonyl (C=O) groups is 1. The number of hydrogen-bond donors (Lipinski definition) is 0. The molecule has 0 bridgehead atoms. The third-order valence-electron chi connectivity index (χ3n) is 4.58. The quantitative estimate of drug-likeness (QED) is 0.560.